The zero-order chi connectivity index (χ0) is 20.1. The van der Waals surface area contributed by atoms with Crippen molar-refractivity contribution in [3.8, 4) is 0 Å². The molecule has 0 amide bonds. The molecule has 0 aliphatic carbocycles. The lowest BCUT2D eigenvalue weighted by Crippen LogP contribution is -2.42. The third kappa shape index (κ3) is 5.02. The van der Waals surface area contributed by atoms with E-state index in [4.69, 9.17) is 10.8 Å². The molecule has 0 atom stereocenters. The number of unbranched alkanes of at least 4 members (excludes halogenated alkanes) is 1. The molecule has 0 spiro atoms. The third-order valence-corrected chi connectivity index (χ3v) is 5.23. The number of hydrogen-bond donors (Lipinski definition) is 3. The van der Waals surface area contributed by atoms with Crippen molar-refractivity contribution in [1.82, 2.24) is 30.0 Å². The van der Waals surface area contributed by atoms with E-state index < -0.39 is 0 Å². The first-order chi connectivity index (χ1) is 14.2. The fourth-order valence-corrected chi connectivity index (χ4v) is 3.63. The van der Waals surface area contributed by atoms with Crippen molar-refractivity contribution in [2.24, 2.45) is 0 Å². The number of aromatic nitrogens is 4. The second-order valence-corrected chi connectivity index (χ2v) is 7.61. The molecule has 0 unspecified atom stereocenters. The van der Waals surface area contributed by atoms with E-state index in [2.05, 4.69) is 56.7 Å². The van der Waals surface area contributed by atoms with Crippen LogP contribution in [0.5, 0.6) is 0 Å². The summed E-state index contributed by atoms with van der Waals surface area (Å²) in [6, 6.07) is 8.81. The zero-order valence-corrected chi connectivity index (χ0v) is 17.1. The predicted molar refractivity (Wildman–Crippen MR) is 117 cm³/mol. The van der Waals surface area contributed by atoms with Crippen molar-refractivity contribution in [2.75, 3.05) is 43.8 Å². The maximum Gasteiger partial charge on any atom is 0.222 e. The molecular weight excluding hydrogens is 364 g/mol. The second kappa shape index (κ2) is 9.19. The fourth-order valence-electron chi connectivity index (χ4n) is 3.63. The number of nitrogens with two attached hydrogens (primary N) is 1. The standard InChI is InChI=1S/C21H30N8/c1-2-3-8-24-20-19-18(25-21(22)26-20)15-29(27-19)14-17-6-4-16(5-7-17)13-28-11-9-23-10-12-28/h4-7,15,23H,2-3,8-14H2,1H3,(H3,22,24,25,26). The summed E-state index contributed by atoms with van der Waals surface area (Å²) in [6.07, 6.45) is 4.13. The van der Waals surface area contributed by atoms with E-state index in [0.29, 0.717) is 12.4 Å². The molecule has 1 fully saturated rings. The van der Waals surface area contributed by atoms with Gasteiger partial charge in [0.1, 0.15) is 5.52 Å². The van der Waals surface area contributed by atoms with E-state index in [0.717, 1.165) is 63.1 Å². The van der Waals surface area contributed by atoms with Crippen LogP contribution in [0.2, 0.25) is 0 Å². The van der Waals surface area contributed by atoms with Gasteiger partial charge in [-0.15, -0.1) is 0 Å². The van der Waals surface area contributed by atoms with Crippen molar-refractivity contribution in [2.45, 2.75) is 32.9 Å². The maximum atomic E-state index is 5.88. The Hall–Kier alpha value is -2.71. The summed E-state index contributed by atoms with van der Waals surface area (Å²) < 4.78 is 1.91. The minimum Gasteiger partial charge on any atom is -0.368 e. The number of hydrogen-bond acceptors (Lipinski definition) is 7. The minimum absolute atomic E-state index is 0.272. The minimum atomic E-state index is 0.272. The first kappa shape index (κ1) is 19.6. The van der Waals surface area contributed by atoms with Crippen LogP contribution in [0.4, 0.5) is 11.8 Å². The van der Waals surface area contributed by atoms with Crippen LogP contribution in [0.3, 0.4) is 0 Å². The van der Waals surface area contributed by atoms with Crippen LogP contribution in [-0.4, -0.2) is 57.4 Å². The summed E-state index contributed by atoms with van der Waals surface area (Å²) in [5.74, 6) is 0.986. The SMILES string of the molecule is CCCCNc1nc(N)nc2cn(Cc3ccc(CN4CCNCC4)cc3)nc12. The summed E-state index contributed by atoms with van der Waals surface area (Å²) in [5, 5.41) is 11.4. The maximum absolute atomic E-state index is 5.88. The van der Waals surface area contributed by atoms with Crippen LogP contribution in [0.15, 0.2) is 30.5 Å². The molecule has 154 valence electrons. The summed E-state index contributed by atoms with van der Waals surface area (Å²) in [6.45, 7) is 9.09. The number of nitrogens with one attached hydrogen (secondary N) is 2. The van der Waals surface area contributed by atoms with Gasteiger partial charge in [0.25, 0.3) is 0 Å². The van der Waals surface area contributed by atoms with Gasteiger partial charge >= 0.3 is 0 Å². The average Bonchev–Trinajstić information content (AvgIpc) is 3.12. The molecule has 4 N–H and O–H groups in total. The Bertz CT molecular complexity index is 928. The summed E-state index contributed by atoms with van der Waals surface area (Å²) in [4.78, 5) is 11.2. The molecule has 1 aliphatic heterocycles. The van der Waals surface area contributed by atoms with Gasteiger partial charge in [0.05, 0.1) is 12.7 Å². The van der Waals surface area contributed by atoms with Crippen molar-refractivity contribution in [3.05, 3.63) is 41.6 Å². The monoisotopic (exact) mass is 394 g/mol. The number of benzene rings is 1. The lowest BCUT2D eigenvalue weighted by molar-refractivity contribution is 0.233. The van der Waals surface area contributed by atoms with Crippen LogP contribution in [-0.2, 0) is 13.1 Å². The molecule has 1 aliphatic rings. The summed E-state index contributed by atoms with van der Waals surface area (Å²) in [5.41, 5.74) is 9.98. The van der Waals surface area contributed by atoms with E-state index >= 15 is 0 Å². The highest BCUT2D eigenvalue weighted by molar-refractivity contribution is 5.85. The topological polar surface area (TPSA) is 96.9 Å². The molecular formula is C21H30N8. The highest BCUT2D eigenvalue weighted by Crippen LogP contribution is 2.20. The van der Waals surface area contributed by atoms with Crippen LogP contribution in [0.25, 0.3) is 11.0 Å². The van der Waals surface area contributed by atoms with Crippen molar-refractivity contribution in [3.63, 3.8) is 0 Å². The van der Waals surface area contributed by atoms with Gasteiger partial charge in [-0.05, 0) is 17.5 Å². The molecule has 1 aromatic carbocycles. The molecule has 1 saturated heterocycles. The Labute approximate surface area is 171 Å². The van der Waals surface area contributed by atoms with Crippen LogP contribution < -0.4 is 16.4 Å². The number of fused-ring (bicyclic) bond motifs is 1. The number of nitrogens with zero attached hydrogens (tertiary/aromatic N) is 5. The lowest BCUT2D eigenvalue weighted by atomic mass is 10.1. The molecule has 29 heavy (non-hydrogen) atoms. The smallest absolute Gasteiger partial charge is 0.222 e. The van der Waals surface area contributed by atoms with Crippen molar-refractivity contribution < 1.29 is 0 Å². The number of nitrogen functional groups attached to an aromatic ring is 1. The Morgan fingerprint density at radius 3 is 2.52 bits per heavy atom. The average molecular weight is 395 g/mol. The quantitative estimate of drug-likeness (QED) is 0.503. The molecule has 2 aromatic heterocycles. The van der Waals surface area contributed by atoms with Crippen LogP contribution in [0, 0.1) is 0 Å². The molecule has 3 aromatic rings. The van der Waals surface area contributed by atoms with E-state index in [1.807, 2.05) is 10.9 Å². The van der Waals surface area contributed by atoms with E-state index in [1.165, 1.54) is 11.1 Å². The van der Waals surface area contributed by atoms with Gasteiger partial charge in [0.15, 0.2) is 11.3 Å². The summed E-state index contributed by atoms with van der Waals surface area (Å²) in [7, 11) is 0. The van der Waals surface area contributed by atoms with Gasteiger partial charge in [0.2, 0.25) is 5.95 Å². The Morgan fingerprint density at radius 2 is 1.79 bits per heavy atom. The largest absolute Gasteiger partial charge is 0.368 e. The molecule has 0 radical (unpaired) electrons. The lowest BCUT2D eigenvalue weighted by Gasteiger charge is -2.27. The Morgan fingerprint density at radius 1 is 1.07 bits per heavy atom. The highest BCUT2D eigenvalue weighted by atomic mass is 15.3. The van der Waals surface area contributed by atoms with Crippen molar-refractivity contribution in [1.29, 1.82) is 0 Å². The molecule has 8 heteroatoms. The van der Waals surface area contributed by atoms with E-state index in [-0.39, 0.29) is 5.95 Å². The number of piperazine rings is 1. The predicted octanol–water partition coefficient (Wildman–Crippen LogP) is 2.07. The molecule has 0 saturated carbocycles. The van der Waals surface area contributed by atoms with E-state index in [1.54, 1.807) is 0 Å². The Kier molecular flexibility index (Phi) is 6.21. The van der Waals surface area contributed by atoms with Crippen LogP contribution >= 0.6 is 0 Å². The normalized spacial score (nSPS) is 15.1. The van der Waals surface area contributed by atoms with Gasteiger partial charge in [0, 0.05) is 39.3 Å². The third-order valence-electron chi connectivity index (χ3n) is 5.23. The first-order valence-corrected chi connectivity index (χ1v) is 10.5. The first-order valence-electron chi connectivity index (χ1n) is 10.5. The molecule has 3 heterocycles. The number of rotatable bonds is 8. The number of anilines is 2. The molecule has 0 bridgehead atoms. The fraction of sp³-hybridized carbons (Fsp3) is 0.476. The van der Waals surface area contributed by atoms with Gasteiger partial charge in [-0.25, -0.2) is 4.98 Å². The van der Waals surface area contributed by atoms with Gasteiger partial charge < -0.3 is 16.4 Å². The van der Waals surface area contributed by atoms with Crippen LogP contribution in [0.1, 0.15) is 30.9 Å². The Balaban J connectivity index is 1.45. The van der Waals surface area contributed by atoms with Gasteiger partial charge in [-0.1, -0.05) is 37.6 Å². The molecule has 8 nitrogen and oxygen atoms in total. The molecule has 4 rings (SSSR count). The van der Waals surface area contributed by atoms with E-state index in [9.17, 15) is 0 Å². The zero-order valence-electron chi connectivity index (χ0n) is 17.1. The van der Waals surface area contributed by atoms with Gasteiger partial charge in [-0.2, -0.15) is 10.1 Å². The van der Waals surface area contributed by atoms with Crippen molar-refractivity contribution >= 4 is 22.8 Å². The second-order valence-electron chi connectivity index (χ2n) is 7.61. The van der Waals surface area contributed by atoms with Gasteiger partial charge in [-0.3, -0.25) is 9.58 Å². The summed E-state index contributed by atoms with van der Waals surface area (Å²) >= 11 is 0. The highest BCUT2D eigenvalue weighted by Gasteiger charge is 2.12.